The molecular weight excluding hydrogens is 316 g/mol. The van der Waals surface area contributed by atoms with Gasteiger partial charge in [-0.15, -0.1) is 0 Å². The van der Waals surface area contributed by atoms with E-state index in [9.17, 15) is 4.79 Å². The van der Waals surface area contributed by atoms with Gasteiger partial charge in [0.1, 0.15) is 11.0 Å². The van der Waals surface area contributed by atoms with E-state index in [1.807, 2.05) is 23.6 Å². The summed E-state index contributed by atoms with van der Waals surface area (Å²) < 4.78 is 3.55. The largest absolute Gasteiger partial charge is 0.337 e. The van der Waals surface area contributed by atoms with Crippen LogP contribution in [0.15, 0.2) is 18.6 Å². The molecule has 0 aromatic carbocycles. The summed E-state index contributed by atoms with van der Waals surface area (Å²) in [5.41, 5.74) is 0.650. The second kappa shape index (κ2) is 6.72. The van der Waals surface area contributed by atoms with Crippen LogP contribution in [0.1, 0.15) is 22.6 Å². The topological polar surface area (TPSA) is 59.2 Å². The lowest BCUT2D eigenvalue weighted by atomic mass is 10.3. The van der Waals surface area contributed by atoms with Gasteiger partial charge in [0, 0.05) is 46.5 Å². The zero-order chi connectivity index (χ0) is 16.4. The van der Waals surface area contributed by atoms with Crippen molar-refractivity contribution in [1.29, 1.82) is 0 Å². The third-order valence-corrected chi connectivity index (χ3v) is 4.57. The van der Waals surface area contributed by atoms with Gasteiger partial charge in [-0.05, 0) is 6.42 Å². The van der Waals surface area contributed by atoms with E-state index >= 15 is 0 Å². The molecule has 1 amide bonds. The molecule has 8 heteroatoms. The molecule has 2 aromatic heterocycles. The van der Waals surface area contributed by atoms with Gasteiger partial charge in [0.25, 0.3) is 5.91 Å². The number of nitrogens with zero attached hydrogens (tertiary/aromatic N) is 6. The fourth-order valence-corrected chi connectivity index (χ4v) is 2.96. The maximum absolute atomic E-state index is 12.5. The lowest BCUT2D eigenvalue weighted by Gasteiger charge is -2.21. The number of aryl methyl sites for hydroxylation is 1. The highest BCUT2D eigenvalue weighted by Crippen LogP contribution is 2.14. The van der Waals surface area contributed by atoms with Crippen molar-refractivity contribution in [2.45, 2.75) is 13.0 Å². The lowest BCUT2D eigenvalue weighted by Crippen LogP contribution is -2.35. The van der Waals surface area contributed by atoms with Crippen molar-refractivity contribution in [2.24, 2.45) is 14.1 Å². The minimum Gasteiger partial charge on any atom is -0.337 e. The van der Waals surface area contributed by atoms with Gasteiger partial charge in [0.05, 0.1) is 24.5 Å². The molecule has 1 aliphatic heterocycles. The first-order valence-electron chi connectivity index (χ1n) is 7.71. The quantitative estimate of drug-likeness (QED) is 0.844. The van der Waals surface area contributed by atoms with E-state index in [0.29, 0.717) is 17.3 Å². The summed E-state index contributed by atoms with van der Waals surface area (Å²) in [5.74, 6) is 1.00. The maximum Gasteiger partial charge on any atom is 0.257 e. The van der Waals surface area contributed by atoms with Crippen LogP contribution in [0.3, 0.4) is 0 Å². The van der Waals surface area contributed by atoms with E-state index in [4.69, 9.17) is 11.6 Å². The van der Waals surface area contributed by atoms with Crippen molar-refractivity contribution < 1.29 is 4.79 Å². The van der Waals surface area contributed by atoms with Crippen LogP contribution < -0.4 is 0 Å². The Labute approximate surface area is 140 Å². The summed E-state index contributed by atoms with van der Waals surface area (Å²) in [6.45, 7) is 4.01. The average molecular weight is 337 g/mol. The SMILES string of the molecule is Cn1cc(C(=O)N2CCCN(Cc3ncc(Cl)n3C)CC2)cn1. The van der Waals surface area contributed by atoms with Gasteiger partial charge in [0.2, 0.25) is 0 Å². The molecule has 0 N–H and O–H groups in total. The monoisotopic (exact) mass is 336 g/mol. The highest BCUT2D eigenvalue weighted by Gasteiger charge is 2.22. The molecule has 0 unspecified atom stereocenters. The Kier molecular flexibility index (Phi) is 4.68. The minimum absolute atomic E-state index is 0.0555. The fraction of sp³-hybridized carbons (Fsp3) is 0.533. The van der Waals surface area contributed by atoms with Gasteiger partial charge in [-0.1, -0.05) is 11.6 Å². The molecular formula is C15H21ClN6O. The molecule has 124 valence electrons. The van der Waals surface area contributed by atoms with E-state index in [1.54, 1.807) is 23.3 Å². The highest BCUT2D eigenvalue weighted by molar-refractivity contribution is 6.29. The zero-order valence-electron chi connectivity index (χ0n) is 13.4. The first kappa shape index (κ1) is 16.0. The van der Waals surface area contributed by atoms with Gasteiger partial charge >= 0.3 is 0 Å². The van der Waals surface area contributed by atoms with Gasteiger partial charge < -0.3 is 9.47 Å². The van der Waals surface area contributed by atoms with Crippen molar-refractivity contribution in [3.05, 3.63) is 35.1 Å². The third kappa shape index (κ3) is 3.56. The van der Waals surface area contributed by atoms with Crippen LogP contribution in [0.2, 0.25) is 5.15 Å². The number of hydrogen-bond acceptors (Lipinski definition) is 4. The summed E-state index contributed by atoms with van der Waals surface area (Å²) >= 11 is 6.04. The summed E-state index contributed by atoms with van der Waals surface area (Å²) in [6, 6.07) is 0. The Morgan fingerprint density at radius 3 is 2.70 bits per heavy atom. The minimum atomic E-state index is 0.0555. The molecule has 3 rings (SSSR count). The molecule has 0 saturated carbocycles. The number of rotatable bonds is 3. The van der Waals surface area contributed by atoms with E-state index in [0.717, 1.165) is 38.4 Å². The maximum atomic E-state index is 12.5. The van der Waals surface area contributed by atoms with Crippen molar-refractivity contribution in [3.8, 4) is 0 Å². The second-order valence-electron chi connectivity index (χ2n) is 5.88. The Bertz CT molecular complexity index is 694. The summed E-state index contributed by atoms with van der Waals surface area (Å²) in [5, 5.41) is 4.72. The number of amides is 1. The van der Waals surface area contributed by atoms with E-state index in [-0.39, 0.29) is 5.91 Å². The van der Waals surface area contributed by atoms with Crippen LogP contribution in [0, 0.1) is 0 Å². The first-order valence-corrected chi connectivity index (χ1v) is 8.09. The first-order chi connectivity index (χ1) is 11.0. The molecule has 2 aromatic rings. The molecule has 1 aliphatic rings. The predicted molar refractivity (Wildman–Crippen MR) is 87.2 cm³/mol. The van der Waals surface area contributed by atoms with Crippen LogP contribution in [-0.4, -0.2) is 61.2 Å². The number of carbonyl (C=O) groups excluding carboxylic acids is 1. The Balaban J connectivity index is 1.61. The summed E-state index contributed by atoms with van der Waals surface area (Å²) in [4.78, 5) is 21.1. The van der Waals surface area contributed by atoms with E-state index < -0.39 is 0 Å². The molecule has 1 saturated heterocycles. The molecule has 1 fully saturated rings. The molecule has 0 spiro atoms. The van der Waals surface area contributed by atoms with Gasteiger partial charge in [0.15, 0.2) is 0 Å². The lowest BCUT2D eigenvalue weighted by molar-refractivity contribution is 0.0761. The van der Waals surface area contributed by atoms with E-state index in [2.05, 4.69) is 15.0 Å². The zero-order valence-corrected chi connectivity index (χ0v) is 14.2. The molecule has 0 atom stereocenters. The number of carbonyl (C=O) groups is 1. The summed E-state index contributed by atoms with van der Waals surface area (Å²) in [7, 11) is 3.74. The molecule has 23 heavy (non-hydrogen) atoms. The molecule has 7 nitrogen and oxygen atoms in total. The smallest absolute Gasteiger partial charge is 0.257 e. The van der Waals surface area contributed by atoms with E-state index in [1.165, 1.54) is 0 Å². The fourth-order valence-electron chi connectivity index (χ4n) is 2.82. The molecule has 0 aliphatic carbocycles. The standard InChI is InChI=1S/C15H21ClN6O/c1-19-10-12(8-18-19)15(23)22-5-3-4-21(6-7-22)11-14-17-9-13(16)20(14)2/h8-10H,3-7,11H2,1-2H3. The molecule has 0 bridgehead atoms. The summed E-state index contributed by atoms with van der Waals surface area (Å²) in [6.07, 6.45) is 6.01. The number of aromatic nitrogens is 4. The van der Waals surface area contributed by atoms with Crippen molar-refractivity contribution in [2.75, 3.05) is 26.2 Å². The van der Waals surface area contributed by atoms with Crippen molar-refractivity contribution in [1.82, 2.24) is 29.1 Å². The van der Waals surface area contributed by atoms with Crippen LogP contribution in [-0.2, 0) is 20.6 Å². The van der Waals surface area contributed by atoms with Gasteiger partial charge in [-0.2, -0.15) is 5.10 Å². The van der Waals surface area contributed by atoms with Crippen molar-refractivity contribution in [3.63, 3.8) is 0 Å². The van der Waals surface area contributed by atoms with Crippen LogP contribution >= 0.6 is 11.6 Å². The normalized spacial score (nSPS) is 16.6. The number of imidazole rings is 1. The Morgan fingerprint density at radius 1 is 1.22 bits per heavy atom. The third-order valence-electron chi connectivity index (χ3n) is 4.22. The Morgan fingerprint density at radius 2 is 2.04 bits per heavy atom. The predicted octanol–water partition coefficient (Wildman–Crippen LogP) is 1.16. The van der Waals surface area contributed by atoms with Crippen LogP contribution in [0.5, 0.6) is 0 Å². The Hall–Kier alpha value is -1.86. The molecule has 3 heterocycles. The number of hydrogen-bond donors (Lipinski definition) is 0. The number of halogens is 1. The van der Waals surface area contributed by atoms with Crippen molar-refractivity contribution >= 4 is 17.5 Å². The van der Waals surface area contributed by atoms with Crippen LogP contribution in [0.25, 0.3) is 0 Å². The van der Waals surface area contributed by atoms with Crippen LogP contribution in [0.4, 0.5) is 0 Å². The van der Waals surface area contributed by atoms with Gasteiger partial charge in [-0.3, -0.25) is 14.4 Å². The highest BCUT2D eigenvalue weighted by atomic mass is 35.5. The average Bonchev–Trinajstić information content (AvgIpc) is 3.00. The second-order valence-corrected chi connectivity index (χ2v) is 6.27. The molecule has 0 radical (unpaired) electrons. The van der Waals surface area contributed by atoms with Gasteiger partial charge in [-0.25, -0.2) is 4.98 Å².